The normalized spacial score (nSPS) is 15.3. The molecule has 4 N–H and O–H groups in total. The number of esters is 2. The third-order valence-corrected chi connectivity index (χ3v) is 11.0. The Hall–Kier alpha value is -2.11. The third-order valence-electron chi connectivity index (χ3n) is 10.0. The number of unbranched alkanes of at least 4 members (excludes halogenated alkanes) is 15. The number of rotatable bonds is 42. The van der Waals surface area contributed by atoms with E-state index in [4.69, 9.17) is 19.1 Å². The Morgan fingerprint density at radius 2 is 1.03 bits per heavy atom. The van der Waals surface area contributed by atoms with Crippen molar-refractivity contribution in [2.45, 2.75) is 206 Å². The van der Waals surface area contributed by atoms with Crippen LogP contribution in [-0.4, -0.2) is 76.9 Å². The maximum atomic E-state index is 12.6. The third kappa shape index (κ3) is 42.4. The van der Waals surface area contributed by atoms with Crippen molar-refractivity contribution in [3.05, 3.63) is 48.6 Å². The van der Waals surface area contributed by atoms with Crippen LogP contribution in [0.5, 0.6) is 0 Å². The monoisotopic (exact) mass is 857 g/mol. The van der Waals surface area contributed by atoms with Gasteiger partial charge >= 0.3 is 19.8 Å². The highest BCUT2D eigenvalue weighted by atomic mass is 31.2. The van der Waals surface area contributed by atoms with Gasteiger partial charge in [0.25, 0.3) is 0 Å². The summed E-state index contributed by atoms with van der Waals surface area (Å²) in [7, 11) is -4.64. The summed E-state index contributed by atoms with van der Waals surface area (Å²) in [4.78, 5) is 35.0. The Morgan fingerprint density at radius 1 is 0.576 bits per heavy atom. The Morgan fingerprint density at radius 3 is 1.54 bits per heavy atom. The lowest BCUT2D eigenvalue weighted by Crippen LogP contribution is -2.29. The Labute approximate surface area is 358 Å². The molecule has 11 nitrogen and oxygen atoms in total. The zero-order valence-electron chi connectivity index (χ0n) is 37.2. The summed E-state index contributed by atoms with van der Waals surface area (Å²) in [6, 6.07) is 0. The van der Waals surface area contributed by atoms with E-state index in [0.717, 1.165) is 63.7 Å². The lowest BCUT2D eigenvalue weighted by atomic mass is 9.99. The molecule has 0 aliphatic rings. The summed E-state index contributed by atoms with van der Waals surface area (Å²) < 4.78 is 32.7. The molecule has 0 heterocycles. The number of hydrogen-bond acceptors (Lipinski definition) is 10. The van der Waals surface area contributed by atoms with E-state index in [-0.39, 0.29) is 25.6 Å². The van der Waals surface area contributed by atoms with Crippen molar-refractivity contribution in [3.8, 4) is 0 Å². The van der Waals surface area contributed by atoms with Crippen LogP contribution in [0.3, 0.4) is 0 Å². The molecule has 0 saturated carbocycles. The fraction of sp³-hybridized carbons (Fsp3) is 0.787. The second-order valence-corrected chi connectivity index (χ2v) is 17.4. The first kappa shape index (κ1) is 56.9. The van der Waals surface area contributed by atoms with Gasteiger partial charge in [-0.25, -0.2) is 4.57 Å². The molecule has 0 spiro atoms. The van der Waals surface area contributed by atoms with Crippen LogP contribution in [0.4, 0.5) is 0 Å². The molecular formula is C47H85O11P. The number of allylic oxidation sites excluding steroid dienone is 8. The fourth-order valence-corrected chi connectivity index (χ4v) is 6.89. The molecule has 0 aliphatic heterocycles. The van der Waals surface area contributed by atoms with E-state index in [9.17, 15) is 29.3 Å². The summed E-state index contributed by atoms with van der Waals surface area (Å²) in [5.41, 5.74) is 0. The van der Waals surface area contributed by atoms with Gasteiger partial charge in [0.1, 0.15) is 12.7 Å². The van der Waals surface area contributed by atoms with E-state index >= 15 is 0 Å². The molecule has 5 atom stereocenters. The summed E-state index contributed by atoms with van der Waals surface area (Å²) in [6.07, 6.45) is 40.7. The van der Waals surface area contributed by atoms with Gasteiger partial charge in [-0.2, -0.15) is 0 Å². The molecule has 12 heteroatoms. The molecule has 0 fully saturated rings. The minimum absolute atomic E-state index is 0.154. The molecule has 0 radical (unpaired) electrons. The molecule has 0 aromatic carbocycles. The van der Waals surface area contributed by atoms with Crippen LogP contribution in [0, 0.1) is 5.92 Å². The fourth-order valence-electron chi connectivity index (χ4n) is 6.10. The van der Waals surface area contributed by atoms with E-state index in [1.807, 2.05) is 19.1 Å². The minimum atomic E-state index is -4.64. The topological polar surface area (TPSA) is 169 Å². The molecule has 344 valence electrons. The van der Waals surface area contributed by atoms with Gasteiger partial charge in [-0.3, -0.25) is 18.6 Å². The minimum Gasteiger partial charge on any atom is -0.462 e. The second-order valence-electron chi connectivity index (χ2n) is 16.0. The lowest BCUT2D eigenvalue weighted by Gasteiger charge is -2.20. The first-order chi connectivity index (χ1) is 28.5. The summed E-state index contributed by atoms with van der Waals surface area (Å²) in [6.45, 7) is 4.24. The first-order valence-corrected chi connectivity index (χ1v) is 24.5. The number of phosphoric acid groups is 1. The van der Waals surface area contributed by atoms with Crippen molar-refractivity contribution >= 4 is 19.8 Å². The van der Waals surface area contributed by atoms with Crippen molar-refractivity contribution in [1.29, 1.82) is 0 Å². The standard InChI is InChI=1S/C47H85O11P/c1-4-42(2)34-30-26-22-18-14-10-8-9-13-17-21-25-29-33-37-47(52)58-45(41-57-59(53,54)56-39-44(50)38-48)40-55-46(51)36-32-28-24-20-16-12-7-5-6-11-15-19-23-27-31-35-43(3)49/h6-7,11-12,19-20,23-24,42-45,48-50H,4-5,8-10,13-18,21-22,25-41H2,1-3H3,(H,53,54)/b11-6-,12-7-,23-19-,24-20-/t42?,43-,44+,45-/m1/s1. The molecule has 0 amide bonds. The predicted octanol–water partition coefficient (Wildman–Crippen LogP) is 11.3. The van der Waals surface area contributed by atoms with Gasteiger partial charge in [0.15, 0.2) is 6.10 Å². The van der Waals surface area contributed by atoms with Crippen molar-refractivity contribution < 1.29 is 52.9 Å². The first-order valence-electron chi connectivity index (χ1n) is 23.0. The smallest absolute Gasteiger partial charge is 0.462 e. The quantitative estimate of drug-likeness (QED) is 0.0199. The van der Waals surface area contributed by atoms with E-state index in [0.29, 0.717) is 19.3 Å². The van der Waals surface area contributed by atoms with Gasteiger partial charge in [0.05, 0.1) is 25.9 Å². The Balaban J connectivity index is 4.34. The number of aliphatic hydroxyl groups excluding tert-OH is 3. The highest BCUT2D eigenvalue weighted by Gasteiger charge is 2.27. The number of phosphoric ester groups is 1. The van der Waals surface area contributed by atoms with Crippen molar-refractivity contribution in [3.63, 3.8) is 0 Å². The maximum absolute atomic E-state index is 12.6. The summed E-state index contributed by atoms with van der Waals surface area (Å²) in [5.74, 6) is -0.137. The van der Waals surface area contributed by atoms with Gasteiger partial charge < -0.3 is 29.7 Å². The van der Waals surface area contributed by atoms with Gasteiger partial charge in [-0.05, 0) is 70.6 Å². The molecule has 0 aromatic heterocycles. The van der Waals surface area contributed by atoms with Crippen LogP contribution in [0.2, 0.25) is 0 Å². The number of ether oxygens (including phenoxy) is 2. The van der Waals surface area contributed by atoms with Crippen LogP contribution in [-0.2, 0) is 32.7 Å². The molecule has 0 aliphatic carbocycles. The molecule has 0 aromatic rings. The van der Waals surface area contributed by atoms with E-state index < -0.39 is 51.8 Å². The van der Waals surface area contributed by atoms with Crippen molar-refractivity contribution in [1.82, 2.24) is 0 Å². The molecule has 0 rings (SSSR count). The SMILES string of the molecule is CCC(C)CCCCCCCCCCCCCCCCC(=O)O[C@H](COC(=O)CCC/C=C\C/C=C\C/C=C\C/C=C\CCC[C@@H](C)O)COP(=O)(O)OC[C@@H](O)CO. The van der Waals surface area contributed by atoms with E-state index in [1.54, 1.807) is 0 Å². The Bertz CT molecular complexity index is 1150. The average Bonchev–Trinajstić information content (AvgIpc) is 3.21. The highest BCUT2D eigenvalue weighted by Crippen LogP contribution is 2.43. The second kappa shape index (κ2) is 41.3. The Kier molecular flexibility index (Phi) is 39.8. The number of carbonyl (C=O) groups excluding carboxylic acids is 2. The van der Waals surface area contributed by atoms with Gasteiger partial charge in [0.2, 0.25) is 0 Å². The number of hydrogen-bond donors (Lipinski definition) is 4. The molecule has 2 unspecified atom stereocenters. The highest BCUT2D eigenvalue weighted by molar-refractivity contribution is 7.47. The predicted molar refractivity (Wildman–Crippen MR) is 239 cm³/mol. The zero-order chi connectivity index (χ0) is 43.7. The largest absolute Gasteiger partial charge is 0.472 e. The molecule has 59 heavy (non-hydrogen) atoms. The molecule has 0 saturated heterocycles. The van der Waals surface area contributed by atoms with Crippen LogP contribution < -0.4 is 0 Å². The van der Waals surface area contributed by atoms with Gasteiger partial charge in [-0.1, -0.05) is 159 Å². The van der Waals surface area contributed by atoms with Gasteiger partial charge in [0, 0.05) is 12.8 Å². The summed E-state index contributed by atoms with van der Waals surface area (Å²) in [5, 5.41) is 27.6. The van der Waals surface area contributed by atoms with Crippen LogP contribution in [0.15, 0.2) is 48.6 Å². The molecular weight excluding hydrogens is 771 g/mol. The van der Waals surface area contributed by atoms with Crippen molar-refractivity contribution in [2.75, 3.05) is 26.4 Å². The van der Waals surface area contributed by atoms with Gasteiger partial charge in [-0.15, -0.1) is 0 Å². The number of carbonyl (C=O) groups is 2. The van der Waals surface area contributed by atoms with E-state index in [2.05, 4.69) is 54.8 Å². The van der Waals surface area contributed by atoms with Crippen LogP contribution in [0.1, 0.15) is 188 Å². The van der Waals surface area contributed by atoms with Crippen LogP contribution in [0.25, 0.3) is 0 Å². The summed E-state index contributed by atoms with van der Waals surface area (Å²) >= 11 is 0. The van der Waals surface area contributed by atoms with Crippen LogP contribution >= 0.6 is 7.82 Å². The number of aliphatic hydroxyl groups is 3. The van der Waals surface area contributed by atoms with Crippen molar-refractivity contribution in [2.24, 2.45) is 5.92 Å². The molecule has 0 bridgehead atoms. The van der Waals surface area contributed by atoms with E-state index in [1.165, 1.54) is 77.0 Å². The zero-order valence-corrected chi connectivity index (χ0v) is 38.1. The maximum Gasteiger partial charge on any atom is 0.472 e. The lowest BCUT2D eigenvalue weighted by molar-refractivity contribution is -0.161. The average molecular weight is 857 g/mol.